The van der Waals surface area contributed by atoms with Crippen molar-refractivity contribution in [2.24, 2.45) is 0 Å². The summed E-state index contributed by atoms with van der Waals surface area (Å²) < 4.78 is 73.8. The molecule has 0 spiro atoms. The first kappa shape index (κ1) is 25.5. The average Bonchev–Trinajstić information content (AvgIpc) is 2.76. The molecule has 1 amide bonds. The Morgan fingerprint density at radius 3 is 2.41 bits per heavy atom. The molecule has 0 fully saturated rings. The number of amides is 1. The quantitative estimate of drug-likeness (QED) is 0.569. The second-order valence-corrected chi connectivity index (χ2v) is 8.47. The van der Waals surface area contributed by atoms with E-state index in [0.717, 1.165) is 17.7 Å². The summed E-state index contributed by atoms with van der Waals surface area (Å²) in [5.41, 5.74) is 0.802. The first-order chi connectivity index (χ1) is 15.0. The van der Waals surface area contributed by atoms with Crippen LogP contribution in [0.3, 0.4) is 0 Å². The number of sulfonamides is 1. The fourth-order valence-corrected chi connectivity index (χ4v) is 3.93. The highest BCUT2D eigenvalue weighted by Crippen LogP contribution is 2.29. The molecule has 11 heteroatoms. The molecule has 0 radical (unpaired) electrons. The lowest BCUT2D eigenvalue weighted by Crippen LogP contribution is -2.34. The summed E-state index contributed by atoms with van der Waals surface area (Å²) in [5, 5.41) is 0. The number of carbonyl (C=O) groups is 1. The van der Waals surface area contributed by atoms with Gasteiger partial charge >= 0.3 is 6.18 Å². The number of carbonyl (C=O) groups excluding carboxylic acids is 1. The van der Waals surface area contributed by atoms with Crippen molar-refractivity contribution in [2.75, 3.05) is 26.8 Å². The van der Waals surface area contributed by atoms with Crippen LogP contribution < -0.4 is 14.2 Å². The van der Waals surface area contributed by atoms with Gasteiger partial charge in [-0.2, -0.15) is 13.2 Å². The zero-order chi connectivity index (χ0) is 23.9. The Kier molecular flexibility index (Phi) is 8.51. The van der Waals surface area contributed by atoms with Crippen LogP contribution in [0.2, 0.25) is 0 Å². The summed E-state index contributed by atoms with van der Waals surface area (Å²) in [6.07, 6.45) is -4.70. The molecule has 1 N–H and O–H groups in total. The summed E-state index contributed by atoms with van der Waals surface area (Å²) in [6.45, 7) is 2.90. The average molecular weight is 475 g/mol. The van der Waals surface area contributed by atoms with Crippen molar-refractivity contribution < 1.29 is 35.9 Å². The van der Waals surface area contributed by atoms with Gasteiger partial charge in [0.05, 0.1) is 18.6 Å². The van der Waals surface area contributed by atoms with Crippen LogP contribution in [0.25, 0.3) is 0 Å². The van der Waals surface area contributed by atoms with Crippen molar-refractivity contribution >= 4 is 15.9 Å². The SMILES string of the molecule is CCOc1ccc(CN(CC)C(=O)c2cccc(S(=O)(=O)NCC(F)(F)F)c2)cc1OC. The van der Waals surface area contributed by atoms with Crippen LogP contribution in [0.5, 0.6) is 11.5 Å². The normalized spacial score (nSPS) is 11.8. The zero-order valence-electron chi connectivity index (χ0n) is 17.9. The third kappa shape index (κ3) is 6.86. The Hall–Kier alpha value is -2.79. The Bertz CT molecular complexity index is 1040. The van der Waals surface area contributed by atoms with Crippen molar-refractivity contribution in [3.05, 3.63) is 53.6 Å². The third-order valence-electron chi connectivity index (χ3n) is 4.42. The number of ether oxygens (including phenoxy) is 2. The van der Waals surface area contributed by atoms with Gasteiger partial charge in [0.1, 0.15) is 6.54 Å². The first-order valence-corrected chi connectivity index (χ1v) is 11.2. The lowest BCUT2D eigenvalue weighted by molar-refractivity contribution is -0.121. The number of hydrogen-bond acceptors (Lipinski definition) is 5. The number of hydrogen-bond donors (Lipinski definition) is 1. The first-order valence-electron chi connectivity index (χ1n) is 9.76. The van der Waals surface area contributed by atoms with E-state index in [2.05, 4.69) is 0 Å². The number of nitrogens with one attached hydrogen (secondary N) is 1. The van der Waals surface area contributed by atoms with Crippen LogP contribution in [-0.2, 0) is 16.6 Å². The second-order valence-electron chi connectivity index (χ2n) is 6.71. The van der Waals surface area contributed by atoms with Gasteiger partial charge in [0.25, 0.3) is 5.91 Å². The number of methoxy groups -OCH3 is 1. The summed E-state index contributed by atoms with van der Waals surface area (Å²) in [7, 11) is -2.93. The topological polar surface area (TPSA) is 84.9 Å². The number of nitrogens with zero attached hydrogens (tertiary/aromatic N) is 1. The zero-order valence-corrected chi connectivity index (χ0v) is 18.7. The van der Waals surface area contributed by atoms with Crippen molar-refractivity contribution in [1.82, 2.24) is 9.62 Å². The van der Waals surface area contributed by atoms with E-state index in [4.69, 9.17) is 9.47 Å². The van der Waals surface area contributed by atoms with E-state index in [1.165, 1.54) is 28.9 Å². The van der Waals surface area contributed by atoms with Crippen LogP contribution in [0, 0.1) is 0 Å². The molecule has 7 nitrogen and oxygen atoms in total. The molecule has 176 valence electrons. The molecule has 0 aliphatic carbocycles. The molecule has 2 aromatic rings. The minimum atomic E-state index is -4.70. The molecule has 0 unspecified atom stereocenters. The molecular formula is C21H25F3N2O5S. The predicted octanol–water partition coefficient (Wildman–Crippen LogP) is 3.60. The maximum absolute atomic E-state index is 13.0. The number of alkyl halides is 3. The Balaban J connectivity index is 2.23. The van der Waals surface area contributed by atoms with Gasteiger partial charge in [-0.15, -0.1) is 0 Å². The molecule has 0 atom stereocenters. The molecule has 0 bridgehead atoms. The van der Waals surface area contributed by atoms with Crippen LogP contribution >= 0.6 is 0 Å². The lowest BCUT2D eigenvalue weighted by Gasteiger charge is -2.22. The highest BCUT2D eigenvalue weighted by atomic mass is 32.2. The van der Waals surface area contributed by atoms with Crippen molar-refractivity contribution in [3.63, 3.8) is 0 Å². The maximum Gasteiger partial charge on any atom is 0.402 e. The molecule has 2 rings (SSSR count). The summed E-state index contributed by atoms with van der Waals surface area (Å²) in [5.74, 6) is 0.613. The van der Waals surface area contributed by atoms with E-state index in [1.807, 2.05) is 6.92 Å². The molecule has 2 aromatic carbocycles. The van der Waals surface area contributed by atoms with E-state index in [9.17, 15) is 26.4 Å². The van der Waals surface area contributed by atoms with Gasteiger partial charge in [-0.1, -0.05) is 12.1 Å². The Labute approximate surface area is 185 Å². The highest BCUT2D eigenvalue weighted by molar-refractivity contribution is 7.89. The molecule has 0 aliphatic rings. The van der Waals surface area contributed by atoms with Crippen molar-refractivity contribution in [1.29, 1.82) is 0 Å². The minimum Gasteiger partial charge on any atom is -0.493 e. The predicted molar refractivity (Wildman–Crippen MR) is 112 cm³/mol. The molecule has 0 saturated carbocycles. The monoisotopic (exact) mass is 474 g/mol. The van der Waals surface area contributed by atoms with E-state index >= 15 is 0 Å². The van der Waals surface area contributed by atoms with E-state index in [0.29, 0.717) is 24.7 Å². The second kappa shape index (κ2) is 10.7. The molecular weight excluding hydrogens is 449 g/mol. The molecule has 0 heterocycles. The summed E-state index contributed by atoms with van der Waals surface area (Å²) in [4.78, 5) is 14.0. The van der Waals surface area contributed by atoms with Gasteiger partial charge < -0.3 is 14.4 Å². The molecule has 0 aliphatic heterocycles. The number of rotatable bonds is 10. The minimum absolute atomic E-state index is 0.0413. The fraction of sp³-hybridized carbons (Fsp3) is 0.381. The third-order valence-corrected chi connectivity index (χ3v) is 5.82. The Morgan fingerprint density at radius 2 is 1.81 bits per heavy atom. The molecule has 0 saturated heterocycles. The van der Waals surface area contributed by atoms with Crippen molar-refractivity contribution in [2.45, 2.75) is 31.5 Å². The van der Waals surface area contributed by atoms with Gasteiger partial charge in [-0.3, -0.25) is 4.79 Å². The fourth-order valence-electron chi connectivity index (χ4n) is 2.87. The highest BCUT2D eigenvalue weighted by Gasteiger charge is 2.30. The summed E-state index contributed by atoms with van der Waals surface area (Å²) in [6, 6.07) is 10.2. The lowest BCUT2D eigenvalue weighted by atomic mass is 10.1. The van der Waals surface area contributed by atoms with Gasteiger partial charge in [-0.05, 0) is 49.7 Å². The largest absolute Gasteiger partial charge is 0.493 e. The van der Waals surface area contributed by atoms with Crippen LogP contribution in [0.1, 0.15) is 29.8 Å². The van der Waals surface area contributed by atoms with Crippen LogP contribution in [0.15, 0.2) is 47.4 Å². The molecule has 32 heavy (non-hydrogen) atoms. The number of halogens is 3. The van der Waals surface area contributed by atoms with Gasteiger partial charge in [0.15, 0.2) is 11.5 Å². The van der Waals surface area contributed by atoms with E-state index in [-0.39, 0.29) is 12.1 Å². The smallest absolute Gasteiger partial charge is 0.402 e. The van der Waals surface area contributed by atoms with E-state index < -0.39 is 33.5 Å². The van der Waals surface area contributed by atoms with E-state index in [1.54, 1.807) is 25.1 Å². The van der Waals surface area contributed by atoms with Gasteiger partial charge in [-0.25, -0.2) is 13.1 Å². The Morgan fingerprint density at radius 1 is 1.09 bits per heavy atom. The maximum atomic E-state index is 13.0. The van der Waals surface area contributed by atoms with Crippen molar-refractivity contribution in [3.8, 4) is 11.5 Å². The standard InChI is InChI=1S/C21H25F3N2O5S/c1-4-26(13-15-9-10-18(31-5-2)19(11-15)30-3)20(27)16-7-6-8-17(12-16)32(28,29)25-14-21(22,23)24/h6-12,25H,4-5,13-14H2,1-3H3. The van der Waals surface area contributed by atoms with Crippen LogP contribution in [-0.4, -0.2) is 52.2 Å². The van der Waals surface area contributed by atoms with Gasteiger partial charge in [0, 0.05) is 18.7 Å². The van der Waals surface area contributed by atoms with Crippen LogP contribution in [0.4, 0.5) is 13.2 Å². The molecule has 0 aromatic heterocycles. The summed E-state index contributed by atoms with van der Waals surface area (Å²) >= 11 is 0. The number of benzene rings is 2. The van der Waals surface area contributed by atoms with Gasteiger partial charge in [0.2, 0.25) is 10.0 Å².